The molecule has 0 saturated carbocycles. The van der Waals surface area contributed by atoms with Crippen LogP contribution in [-0.2, 0) is 11.3 Å². The molecule has 3 rings (SSSR count). The molecule has 1 heterocycles. The number of hydrogen-bond donors (Lipinski definition) is 0. The Balaban J connectivity index is 1.79. The van der Waals surface area contributed by atoms with Gasteiger partial charge in [-0.2, -0.15) is 0 Å². The predicted molar refractivity (Wildman–Crippen MR) is 121 cm³/mol. The minimum absolute atomic E-state index is 0.0270. The van der Waals surface area contributed by atoms with E-state index >= 15 is 0 Å². The van der Waals surface area contributed by atoms with Crippen LogP contribution in [0.2, 0.25) is 5.02 Å². The van der Waals surface area contributed by atoms with Crippen LogP contribution in [0.1, 0.15) is 44.7 Å². The van der Waals surface area contributed by atoms with E-state index < -0.39 is 0 Å². The second kappa shape index (κ2) is 9.77. The van der Waals surface area contributed by atoms with Crippen LogP contribution in [0.5, 0.6) is 0 Å². The van der Waals surface area contributed by atoms with Gasteiger partial charge in [-0.25, -0.2) is 0 Å². The Kier molecular flexibility index (Phi) is 7.37. The number of amides is 1. The van der Waals surface area contributed by atoms with Gasteiger partial charge < -0.3 is 4.90 Å². The van der Waals surface area contributed by atoms with Crippen molar-refractivity contribution in [3.05, 3.63) is 70.7 Å². The number of benzene rings is 2. The van der Waals surface area contributed by atoms with Gasteiger partial charge in [-0.05, 0) is 43.0 Å². The summed E-state index contributed by atoms with van der Waals surface area (Å²) in [5.41, 5.74) is 2.65. The molecule has 156 valence electrons. The Bertz CT molecular complexity index is 788. The fourth-order valence-electron chi connectivity index (χ4n) is 4.34. The van der Waals surface area contributed by atoms with Crippen molar-refractivity contribution in [3.8, 4) is 0 Å². The van der Waals surface area contributed by atoms with Gasteiger partial charge >= 0.3 is 0 Å². The molecule has 2 aromatic rings. The van der Waals surface area contributed by atoms with Crippen LogP contribution in [0.25, 0.3) is 0 Å². The topological polar surface area (TPSA) is 23.6 Å². The summed E-state index contributed by atoms with van der Waals surface area (Å²) in [6.07, 6.45) is 0. The molecule has 0 aliphatic carbocycles. The van der Waals surface area contributed by atoms with E-state index in [1.54, 1.807) is 0 Å². The van der Waals surface area contributed by atoms with Gasteiger partial charge in [0.2, 0.25) is 5.91 Å². The Morgan fingerprint density at radius 3 is 2.28 bits per heavy atom. The van der Waals surface area contributed by atoms with Crippen molar-refractivity contribution in [2.75, 3.05) is 19.6 Å². The van der Waals surface area contributed by atoms with E-state index in [1.165, 1.54) is 11.1 Å². The molecule has 0 radical (unpaired) electrons. The smallest absolute Gasteiger partial charge is 0.225 e. The monoisotopic (exact) mass is 412 g/mol. The number of halogens is 1. The van der Waals surface area contributed by atoms with Crippen LogP contribution in [0.15, 0.2) is 54.6 Å². The predicted octanol–water partition coefficient (Wildman–Crippen LogP) is 5.45. The van der Waals surface area contributed by atoms with Gasteiger partial charge in [0.1, 0.15) is 0 Å². The summed E-state index contributed by atoms with van der Waals surface area (Å²) >= 11 is 6.05. The molecule has 0 N–H and O–H groups in total. The average Bonchev–Trinajstić information content (AvgIpc) is 3.10. The van der Waals surface area contributed by atoms with Gasteiger partial charge in [0.25, 0.3) is 0 Å². The van der Waals surface area contributed by atoms with Gasteiger partial charge in [0, 0.05) is 49.1 Å². The summed E-state index contributed by atoms with van der Waals surface area (Å²) in [5.74, 6) is 1.14. The first-order valence-electron chi connectivity index (χ1n) is 10.7. The lowest BCUT2D eigenvalue weighted by atomic mass is 9.88. The van der Waals surface area contributed by atoms with Crippen LogP contribution in [0, 0.1) is 11.8 Å². The lowest BCUT2D eigenvalue weighted by Crippen LogP contribution is -2.43. The Morgan fingerprint density at radius 2 is 1.69 bits per heavy atom. The minimum Gasteiger partial charge on any atom is -0.340 e. The van der Waals surface area contributed by atoms with E-state index in [4.69, 9.17) is 11.6 Å². The fourth-order valence-corrected chi connectivity index (χ4v) is 4.47. The van der Waals surface area contributed by atoms with E-state index in [0.717, 1.165) is 31.2 Å². The molecule has 0 spiro atoms. The number of rotatable bonds is 7. The number of hydrogen-bond acceptors (Lipinski definition) is 2. The number of likely N-dealkylation sites (tertiary alicyclic amines) is 1. The molecular formula is C25H33ClN2O. The normalized spacial score (nSPS) is 19.8. The summed E-state index contributed by atoms with van der Waals surface area (Å²) in [6, 6.07) is 19.1. The molecule has 1 aliphatic heterocycles. The van der Waals surface area contributed by atoms with Crippen molar-refractivity contribution < 1.29 is 4.79 Å². The molecule has 1 fully saturated rings. The molecule has 0 aromatic heterocycles. The molecule has 1 amide bonds. The minimum atomic E-state index is 0.0270. The molecule has 1 saturated heterocycles. The average molecular weight is 413 g/mol. The van der Waals surface area contributed by atoms with E-state index in [2.05, 4.69) is 66.1 Å². The van der Waals surface area contributed by atoms with Crippen LogP contribution in [0.3, 0.4) is 0 Å². The maximum absolute atomic E-state index is 12.8. The molecular weight excluding hydrogens is 380 g/mol. The van der Waals surface area contributed by atoms with Crippen molar-refractivity contribution in [3.63, 3.8) is 0 Å². The highest BCUT2D eigenvalue weighted by Crippen LogP contribution is 2.34. The molecule has 4 heteroatoms. The van der Waals surface area contributed by atoms with Crippen molar-refractivity contribution in [1.82, 2.24) is 9.80 Å². The van der Waals surface area contributed by atoms with Crippen molar-refractivity contribution in [1.29, 1.82) is 0 Å². The molecule has 29 heavy (non-hydrogen) atoms. The quantitative estimate of drug-likeness (QED) is 0.603. The van der Waals surface area contributed by atoms with Gasteiger partial charge in [-0.1, -0.05) is 67.9 Å². The molecule has 1 aliphatic rings. The van der Waals surface area contributed by atoms with Crippen molar-refractivity contribution in [2.45, 2.75) is 46.2 Å². The summed E-state index contributed by atoms with van der Waals surface area (Å²) in [7, 11) is 0. The first-order chi connectivity index (χ1) is 13.8. The first-order valence-corrected chi connectivity index (χ1v) is 11.0. The third kappa shape index (κ3) is 5.61. The standard InChI is InChI=1S/C25H33ClN2O/c1-18(2)25(29)28(19(3)4)16-22-15-27(14-20-10-12-23(26)13-11-20)17-24(22)21-8-6-5-7-9-21/h5-13,18-19,22,24H,14-17H2,1-4H3. The molecule has 0 bridgehead atoms. The lowest BCUT2D eigenvalue weighted by Gasteiger charge is -2.33. The molecule has 2 aromatic carbocycles. The largest absolute Gasteiger partial charge is 0.340 e. The summed E-state index contributed by atoms with van der Waals surface area (Å²) in [5, 5.41) is 0.773. The summed E-state index contributed by atoms with van der Waals surface area (Å²) < 4.78 is 0. The van der Waals surface area contributed by atoms with Gasteiger partial charge in [0.15, 0.2) is 0 Å². The molecule has 2 unspecified atom stereocenters. The maximum atomic E-state index is 12.8. The number of carbonyl (C=O) groups is 1. The summed E-state index contributed by atoms with van der Waals surface area (Å²) in [6.45, 7) is 12.0. The Hall–Kier alpha value is -1.84. The van der Waals surface area contributed by atoms with Gasteiger partial charge in [0.05, 0.1) is 0 Å². The zero-order valence-electron chi connectivity index (χ0n) is 18.0. The number of carbonyl (C=O) groups excluding carboxylic acids is 1. The SMILES string of the molecule is CC(C)C(=O)N(CC1CN(Cc2ccc(Cl)cc2)CC1c1ccccc1)C(C)C. The lowest BCUT2D eigenvalue weighted by molar-refractivity contribution is -0.136. The first kappa shape index (κ1) is 21.9. The van der Waals surface area contributed by atoms with Crippen LogP contribution < -0.4 is 0 Å². The summed E-state index contributed by atoms with van der Waals surface area (Å²) in [4.78, 5) is 17.4. The highest BCUT2D eigenvalue weighted by Gasteiger charge is 2.36. The molecule has 2 atom stereocenters. The molecule has 3 nitrogen and oxygen atoms in total. The van der Waals surface area contributed by atoms with Gasteiger partial charge in [-0.15, -0.1) is 0 Å². The van der Waals surface area contributed by atoms with E-state index in [-0.39, 0.29) is 17.9 Å². The van der Waals surface area contributed by atoms with Crippen LogP contribution in [0.4, 0.5) is 0 Å². The third-order valence-electron chi connectivity index (χ3n) is 5.90. The van der Waals surface area contributed by atoms with Gasteiger partial charge in [-0.3, -0.25) is 9.69 Å². The van der Waals surface area contributed by atoms with Crippen molar-refractivity contribution >= 4 is 17.5 Å². The Morgan fingerprint density at radius 1 is 1.03 bits per heavy atom. The highest BCUT2D eigenvalue weighted by atomic mass is 35.5. The van der Waals surface area contributed by atoms with Crippen LogP contribution >= 0.6 is 11.6 Å². The van der Waals surface area contributed by atoms with E-state index in [0.29, 0.717) is 11.8 Å². The van der Waals surface area contributed by atoms with E-state index in [9.17, 15) is 4.79 Å². The fraction of sp³-hybridized carbons (Fsp3) is 0.480. The maximum Gasteiger partial charge on any atom is 0.225 e. The zero-order valence-corrected chi connectivity index (χ0v) is 18.8. The highest BCUT2D eigenvalue weighted by molar-refractivity contribution is 6.30. The Labute approximate surface area is 180 Å². The van der Waals surface area contributed by atoms with Crippen molar-refractivity contribution in [2.24, 2.45) is 11.8 Å². The third-order valence-corrected chi connectivity index (χ3v) is 6.15. The van der Waals surface area contributed by atoms with E-state index in [1.807, 2.05) is 26.0 Å². The second-order valence-electron chi connectivity index (χ2n) is 8.84. The zero-order chi connectivity index (χ0) is 21.0. The second-order valence-corrected chi connectivity index (χ2v) is 9.27. The number of nitrogens with zero attached hydrogens (tertiary/aromatic N) is 2. The van der Waals surface area contributed by atoms with Crippen LogP contribution in [-0.4, -0.2) is 41.4 Å².